The molecule has 71 heavy (non-hydrogen) atoms. The zero-order valence-electron chi connectivity index (χ0n) is 41.9. The molecule has 2 amide bonds. The summed E-state index contributed by atoms with van der Waals surface area (Å²) in [5.41, 5.74) is 9.32. The number of amides is 2. The highest BCUT2D eigenvalue weighted by atomic mass is 35.5. The number of allylic oxidation sites excluding steroid dienone is 1. The van der Waals surface area contributed by atoms with E-state index in [0.717, 1.165) is 113 Å². The van der Waals surface area contributed by atoms with Crippen LogP contribution in [0.15, 0.2) is 95.1 Å². The maximum atomic E-state index is 14.1. The summed E-state index contributed by atoms with van der Waals surface area (Å²) in [5, 5.41) is 23.2. The molecule has 4 aliphatic heterocycles. The smallest absolute Gasteiger partial charge is 0.407 e. The van der Waals surface area contributed by atoms with E-state index in [-0.39, 0.29) is 42.1 Å². The van der Waals surface area contributed by atoms with E-state index >= 15 is 0 Å². The fourth-order valence-electron chi connectivity index (χ4n) is 10.7. The molecule has 2 aromatic heterocycles. The standard InChI is InChI=1S/C55H68ClN9O5S/c1-8-15-40(59-39(9-2)45-18-14-25-64(45)53(67)49(33(5)6)62-55(68)69-7)35-21-23-44-38(26-35)48(56)50-37-22-20-36(41-28-57-51(60-41)46-19-13-24-63(46)29-42(32(3)4)58-31-66)27-47(37)70-54(65(44)50)43-30-71-52(61-43)34-16-11-10-12-17-34/h10-12,15-17,20-23,26-28,30,32-33,42,45-46,49,52,54,58,61,66H,8-9,13-14,18-19,24-25,29,31H2,1-7H3,(H,57,60)(H,62,68)/b40-15-,59-39?/t42-,45+,46+,49-,52?,54?/m1/s1. The van der Waals surface area contributed by atoms with E-state index in [1.165, 1.54) is 12.7 Å². The van der Waals surface area contributed by atoms with Crippen LogP contribution in [-0.4, -0.2) is 98.8 Å². The second kappa shape index (κ2) is 22.0. The van der Waals surface area contributed by atoms with Crippen LogP contribution in [-0.2, 0) is 9.53 Å². The maximum Gasteiger partial charge on any atom is 0.407 e. The van der Waals surface area contributed by atoms with Crippen LogP contribution in [0, 0.1) is 11.8 Å². The van der Waals surface area contributed by atoms with E-state index in [4.69, 9.17) is 31.1 Å². The lowest BCUT2D eigenvalue weighted by Gasteiger charge is -2.31. The number of imidazole rings is 1. The number of halogens is 1. The summed E-state index contributed by atoms with van der Waals surface area (Å²) in [5.74, 6) is 1.79. The first-order chi connectivity index (χ1) is 34.4. The van der Waals surface area contributed by atoms with Gasteiger partial charge >= 0.3 is 6.09 Å². The van der Waals surface area contributed by atoms with Crippen molar-refractivity contribution in [2.24, 2.45) is 16.8 Å². The van der Waals surface area contributed by atoms with Gasteiger partial charge in [-0.2, -0.15) is 0 Å². The number of likely N-dealkylation sites (tertiary alicyclic amines) is 2. The van der Waals surface area contributed by atoms with Gasteiger partial charge in [0.05, 0.1) is 65.4 Å². The molecule has 0 radical (unpaired) electrons. The van der Waals surface area contributed by atoms with Crippen LogP contribution in [0.5, 0.6) is 5.75 Å². The van der Waals surface area contributed by atoms with Gasteiger partial charge in [0, 0.05) is 46.9 Å². The van der Waals surface area contributed by atoms with E-state index < -0.39 is 18.4 Å². The van der Waals surface area contributed by atoms with Crippen molar-refractivity contribution in [2.45, 2.75) is 116 Å². The Labute approximate surface area is 426 Å². The second-order valence-corrected chi connectivity index (χ2v) is 21.0. The number of hydrogen-bond acceptors (Lipinski definition) is 11. The Kier molecular flexibility index (Phi) is 15.6. The van der Waals surface area contributed by atoms with Crippen LogP contribution < -0.4 is 20.7 Å². The van der Waals surface area contributed by atoms with Crippen LogP contribution >= 0.6 is 23.4 Å². The lowest BCUT2D eigenvalue weighted by Crippen LogP contribution is -2.53. The molecule has 6 atom stereocenters. The number of aliphatic hydroxyl groups excluding tert-OH is 1. The molecule has 2 fully saturated rings. The molecule has 0 saturated carbocycles. The summed E-state index contributed by atoms with van der Waals surface area (Å²) < 4.78 is 14.2. The van der Waals surface area contributed by atoms with Gasteiger partial charge < -0.3 is 35.1 Å². The number of benzene rings is 3. The van der Waals surface area contributed by atoms with Crippen LogP contribution in [0.2, 0.25) is 5.02 Å². The lowest BCUT2D eigenvalue weighted by molar-refractivity contribution is -0.134. The molecule has 4 aliphatic rings. The number of ether oxygens (including phenoxy) is 2. The van der Waals surface area contributed by atoms with Gasteiger partial charge in [0.15, 0.2) is 0 Å². The van der Waals surface area contributed by atoms with Crippen LogP contribution in [0.25, 0.3) is 39.1 Å². The molecule has 14 nitrogen and oxygen atoms in total. The first-order valence-electron chi connectivity index (χ1n) is 25.3. The van der Waals surface area contributed by atoms with Crippen molar-refractivity contribution in [2.75, 3.05) is 33.5 Å². The van der Waals surface area contributed by atoms with Gasteiger partial charge in [0.25, 0.3) is 0 Å². The Morgan fingerprint density at radius 1 is 1.04 bits per heavy atom. The number of aliphatic imine (C=N–C) groups is 1. The monoisotopic (exact) mass is 1000 g/mol. The number of nitrogens with one attached hydrogen (secondary N) is 4. The van der Waals surface area contributed by atoms with Crippen LogP contribution in [0.3, 0.4) is 0 Å². The Balaban J connectivity index is 1.07. The van der Waals surface area contributed by atoms with Gasteiger partial charge in [-0.3, -0.25) is 24.6 Å². The zero-order chi connectivity index (χ0) is 49.9. The summed E-state index contributed by atoms with van der Waals surface area (Å²) in [6.45, 7) is 14.8. The second-order valence-electron chi connectivity index (χ2n) is 19.6. The Bertz CT molecular complexity index is 2820. The Hall–Kier alpha value is -5.58. The normalized spacial score (nSPS) is 21.3. The molecular weight excluding hydrogens is 934 g/mol. The summed E-state index contributed by atoms with van der Waals surface area (Å²) in [6.07, 6.45) is 8.03. The third-order valence-electron chi connectivity index (χ3n) is 14.5. The average molecular weight is 1000 g/mol. The minimum Gasteiger partial charge on any atom is -0.464 e. The summed E-state index contributed by atoms with van der Waals surface area (Å²) in [6, 6.07) is 22.5. The van der Waals surface area contributed by atoms with E-state index in [9.17, 15) is 14.7 Å². The number of aromatic nitrogens is 3. The third-order valence-corrected chi connectivity index (χ3v) is 15.9. The highest BCUT2D eigenvalue weighted by molar-refractivity contribution is 8.02. The van der Waals surface area contributed by atoms with Crippen molar-refractivity contribution in [3.8, 4) is 28.3 Å². The average Bonchev–Trinajstić information content (AvgIpc) is 4.25. The molecule has 3 aromatic carbocycles. The molecule has 0 aliphatic carbocycles. The van der Waals surface area contributed by atoms with Gasteiger partial charge in [0.2, 0.25) is 12.1 Å². The molecule has 376 valence electrons. The minimum absolute atomic E-state index is 0.0162. The predicted molar refractivity (Wildman–Crippen MR) is 285 cm³/mol. The molecule has 5 N–H and O–H groups in total. The molecule has 6 heterocycles. The van der Waals surface area contributed by atoms with Gasteiger partial charge in [-0.1, -0.05) is 102 Å². The first-order valence-corrected chi connectivity index (χ1v) is 26.6. The van der Waals surface area contributed by atoms with E-state index in [1.807, 2.05) is 31.0 Å². The maximum absolute atomic E-state index is 14.1. The molecule has 2 unspecified atom stereocenters. The molecular formula is C55H68ClN9O5S. The van der Waals surface area contributed by atoms with Crippen LogP contribution in [0.4, 0.5) is 4.79 Å². The fraction of sp³-hybridized carbons (Fsp3) is 0.455. The van der Waals surface area contributed by atoms with Crippen molar-refractivity contribution in [3.05, 3.63) is 112 Å². The largest absolute Gasteiger partial charge is 0.464 e. The summed E-state index contributed by atoms with van der Waals surface area (Å²) in [7, 11) is 1.31. The van der Waals surface area contributed by atoms with E-state index in [0.29, 0.717) is 23.9 Å². The highest BCUT2D eigenvalue weighted by Gasteiger charge is 2.39. The molecule has 5 aromatic rings. The number of thioether (sulfide) groups is 1. The summed E-state index contributed by atoms with van der Waals surface area (Å²) >= 11 is 9.39. The number of aromatic amines is 1. The van der Waals surface area contributed by atoms with Crippen molar-refractivity contribution in [1.82, 2.24) is 40.3 Å². The molecule has 9 rings (SSSR count). The van der Waals surface area contributed by atoms with E-state index in [2.05, 4.69) is 130 Å². The summed E-state index contributed by atoms with van der Waals surface area (Å²) in [4.78, 5) is 44.7. The number of carbonyl (C=O) groups excluding carboxylic acids is 2. The topological polar surface area (TPSA) is 161 Å². The van der Waals surface area contributed by atoms with Crippen LogP contribution in [0.1, 0.15) is 115 Å². The lowest BCUT2D eigenvalue weighted by atomic mass is 10.0. The van der Waals surface area contributed by atoms with Gasteiger partial charge in [0.1, 0.15) is 23.0 Å². The third kappa shape index (κ3) is 10.3. The number of nitrogens with zero attached hydrogens (tertiary/aromatic N) is 5. The number of aliphatic hydroxyl groups is 1. The van der Waals surface area contributed by atoms with Crippen molar-refractivity contribution >= 4 is 57.7 Å². The minimum atomic E-state index is -0.712. The predicted octanol–water partition coefficient (Wildman–Crippen LogP) is 10.8. The number of carbonyl (C=O) groups is 2. The molecule has 0 bridgehead atoms. The fourth-order valence-corrected chi connectivity index (χ4v) is 12.0. The zero-order valence-corrected chi connectivity index (χ0v) is 43.4. The molecule has 2 saturated heterocycles. The van der Waals surface area contributed by atoms with Crippen molar-refractivity contribution < 1.29 is 24.2 Å². The first kappa shape index (κ1) is 50.4. The van der Waals surface area contributed by atoms with Gasteiger partial charge in [-0.05, 0) is 92.1 Å². The number of hydrogen-bond donors (Lipinski definition) is 5. The van der Waals surface area contributed by atoms with Crippen molar-refractivity contribution in [3.63, 3.8) is 0 Å². The highest BCUT2D eigenvalue weighted by Crippen LogP contribution is 2.51. The quantitative estimate of drug-likeness (QED) is 0.0448. The number of alkyl carbamates (subject to hydrolysis) is 1. The van der Waals surface area contributed by atoms with Crippen molar-refractivity contribution in [1.29, 1.82) is 0 Å². The van der Waals surface area contributed by atoms with E-state index in [1.54, 1.807) is 11.8 Å². The molecule has 0 spiro atoms. The van der Waals surface area contributed by atoms with Gasteiger partial charge in [-0.15, -0.1) is 11.8 Å². The molecule has 16 heteroatoms. The number of rotatable bonds is 17. The Morgan fingerprint density at radius 2 is 1.85 bits per heavy atom. The number of fused-ring (bicyclic) bond motifs is 5. The number of methoxy groups -OCH3 is 1. The Morgan fingerprint density at radius 3 is 2.58 bits per heavy atom. The van der Waals surface area contributed by atoms with Gasteiger partial charge in [-0.25, -0.2) is 9.78 Å². The SMILES string of the molecule is CC/C=C(\N=C(CC)[C@@H]1CCCN1C(=O)[C@H](NC(=O)OC)C(C)C)c1ccc2c(c1)c(Cl)c1n2C(C2=CSC(c3ccccc3)N2)Oc2cc(-c3cnc([C@@H]4CCCN4C[C@@H](NCO)C(C)C)[nH]3)ccc2-1. The number of H-pyrrole nitrogens is 1.